The second-order valence-electron chi connectivity index (χ2n) is 3.96. The van der Waals surface area contributed by atoms with E-state index in [1.165, 1.54) is 6.20 Å². The molecule has 2 heterocycles. The first kappa shape index (κ1) is 11.9. The van der Waals surface area contributed by atoms with Crippen LogP contribution < -0.4 is 5.73 Å². The molecule has 0 aromatic carbocycles. The number of nitrogen functional groups attached to an aromatic ring is 1. The molecular weight excluding hydrogens is 224 g/mol. The summed E-state index contributed by atoms with van der Waals surface area (Å²) in [6.45, 7) is 0.985. The van der Waals surface area contributed by atoms with Crippen LogP contribution in [0.2, 0.25) is 0 Å². The predicted molar refractivity (Wildman–Crippen MR) is 60.5 cm³/mol. The second-order valence-corrected chi connectivity index (χ2v) is 3.96. The SMILES string of the molecule is COC1CN(C(=O)c2[nH]ncc2N)CC1OC. The topological polar surface area (TPSA) is 93.5 Å². The van der Waals surface area contributed by atoms with E-state index in [-0.39, 0.29) is 18.1 Å². The van der Waals surface area contributed by atoms with Crippen LogP contribution in [0.25, 0.3) is 0 Å². The molecule has 0 aliphatic carbocycles. The summed E-state index contributed by atoms with van der Waals surface area (Å²) in [6.07, 6.45) is 1.21. The summed E-state index contributed by atoms with van der Waals surface area (Å²) in [5.74, 6) is -0.179. The summed E-state index contributed by atoms with van der Waals surface area (Å²) in [5.41, 5.74) is 6.31. The third-order valence-electron chi connectivity index (χ3n) is 2.99. The van der Waals surface area contributed by atoms with E-state index in [1.54, 1.807) is 19.1 Å². The molecule has 1 fully saturated rings. The maximum absolute atomic E-state index is 12.1. The molecule has 0 saturated carbocycles. The van der Waals surface area contributed by atoms with E-state index in [4.69, 9.17) is 15.2 Å². The van der Waals surface area contributed by atoms with Crippen LogP contribution in [-0.2, 0) is 9.47 Å². The van der Waals surface area contributed by atoms with Gasteiger partial charge in [-0.05, 0) is 0 Å². The van der Waals surface area contributed by atoms with Crippen LogP contribution in [-0.4, -0.2) is 60.5 Å². The number of nitrogens with zero attached hydrogens (tertiary/aromatic N) is 2. The number of methoxy groups -OCH3 is 2. The van der Waals surface area contributed by atoms with Crippen LogP contribution in [0.1, 0.15) is 10.5 Å². The smallest absolute Gasteiger partial charge is 0.274 e. The number of likely N-dealkylation sites (tertiary alicyclic amines) is 1. The first-order chi connectivity index (χ1) is 8.17. The van der Waals surface area contributed by atoms with Crippen molar-refractivity contribution in [2.24, 2.45) is 0 Å². The van der Waals surface area contributed by atoms with Gasteiger partial charge in [-0.15, -0.1) is 0 Å². The summed E-state index contributed by atoms with van der Waals surface area (Å²) in [7, 11) is 3.21. The first-order valence-corrected chi connectivity index (χ1v) is 5.31. The number of rotatable bonds is 3. The number of anilines is 1. The molecule has 2 unspecified atom stereocenters. The zero-order valence-corrected chi connectivity index (χ0v) is 9.84. The van der Waals surface area contributed by atoms with Gasteiger partial charge in [0.2, 0.25) is 0 Å². The molecule has 17 heavy (non-hydrogen) atoms. The third kappa shape index (κ3) is 2.11. The molecule has 1 aliphatic rings. The predicted octanol–water partition coefficient (Wildman–Crippen LogP) is -0.522. The van der Waals surface area contributed by atoms with E-state index in [0.717, 1.165) is 0 Å². The molecule has 0 radical (unpaired) electrons. The fourth-order valence-corrected chi connectivity index (χ4v) is 1.99. The Kier molecular flexibility index (Phi) is 3.30. The van der Waals surface area contributed by atoms with Gasteiger partial charge in [0.1, 0.15) is 17.9 Å². The minimum atomic E-state index is -0.179. The molecule has 2 atom stereocenters. The molecule has 1 aliphatic heterocycles. The quantitative estimate of drug-likeness (QED) is 0.741. The summed E-state index contributed by atoms with van der Waals surface area (Å²) < 4.78 is 10.5. The molecule has 3 N–H and O–H groups in total. The number of carbonyl (C=O) groups excluding carboxylic acids is 1. The van der Waals surface area contributed by atoms with E-state index in [2.05, 4.69) is 10.2 Å². The van der Waals surface area contributed by atoms with Crippen molar-refractivity contribution >= 4 is 11.6 Å². The Morgan fingerprint density at radius 1 is 1.47 bits per heavy atom. The minimum Gasteiger partial charge on any atom is -0.396 e. The van der Waals surface area contributed by atoms with Crippen LogP contribution in [0.15, 0.2) is 6.20 Å². The molecule has 0 bridgehead atoms. The van der Waals surface area contributed by atoms with Crippen molar-refractivity contribution in [3.63, 3.8) is 0 Å². The highest BCUT2D eigenvalue weighted by Gasteiger charge is 2.36. The number of carbonyl (C=O) groups is 1. The van der Waals surface area contributed by atoms with Gasteiger partial charge in [0, 0.05) is 27.3 Å². The summed E-state index contributed by atoms with van der Waals surface area (Å²) in [5, 5.41) is 6.33. The van der Waals surface area contributed by atoms with Crippen molar-refractivity contribution in [3.05, 3.63) is 11.9 Å². The normalized spacial score (nSPS) is 24.2. The maximum Gasteiger partial charge on any atom is 0.274 e. The zero-order chi connectivity index (χ0) is 12.4. The van der Waals surface area contributed by atoms with Crippen molar-refractivity contribution in [1.29, 1.82) is 0 Å². The van der Waals surface area contributed by atoms with Gasteiger partial charge in [-0.3, -0.25) is 9.89 Å². The Morgan fingerprint density at radius 2 is 2.06 bits per heavy atom. The van der Waals surface area contributed by atoms with Gasteiger partial charge >= 0.3 is 0 Å². The summed E-state index contributed by atoms with van der Waals surface area (Å²) in [6, 6.07) is 0. The number of aromatic amines is 1. The van der Waals surface area contributed by atoms with Crippen molar-refractivity contribution in [3.8, 4) is 0 Å². The number of hydrogen-bond donors (Lipinski definition) is 2. The van der Waals surface area contributed by atoms with E-state index >= 15 is 0 Å². The van der Waals surface area contributed by atoms with E-state index in [1.807, 2.05) is 0 Å². The van der Waals surface area contributed by atoms with Crippen LogP contribution in [0.4, 0.5) is 5.69 Å². The summed E-state index contributed by atoms with van der Waals surface area (Å²) in [4.78, 5) is 13.8. The maximum atomic E-state index is 12.1. The fraction of sp³-hybridized carbons (Fsp3) is 0.600. The fourth-order valence-electron chi connectivity index (χ4n) is 1.99. The lowest BCUT2D eigenvalue weighted by atomic mass is 10.3. The molecule has 2 rings (SSSR count). The number of ether oxygens (including phenoxy) is 2. The lowest BCUT2D eigenvalue weighted by Gasteiger charge is -2.14. The van der Waals surface area contributed by atoms with Crippen LogP contribution in [0.3, 0.4) is 0 Å². The monoisotopic (exact) mass is 240 g/mol. The lowest BCUT2D eigenvalue weighted by molar-refractivity contribution is -0.00461. The number of hydrogen-bond acceptors (Lipinski definition) is 5. The van der Waals surface area contributed by atoms with Crippen LogP contribution in [0, 0.1) is 0 Å². The molecule has 1 aromatic rings. The van der Waals surface area contributed by atoms with E-state index in [9.17, 15) is 4.79 Å². The van der Waals surface area contributed by atoms with Gasteiger partial charge in [0.05, 0.1) is 11.9 Å². The molecule has 0 spiro atoms. The molecule has 94 valence electrons. The highest BCUT2D eigenvalue weighted by molar-refractivity contribution is 5.97. The second kappa shape index (κ2) is 4.72. The Morgan fingerprint density at radius 3 is 2.47 bits per heavy atom. The van der Waals surface area contributed by atoms with E-state index in [0.29, 0.717) is 24.5 Å². The largest absolute Gasteiger partial charge is 0.396 e. The number of aromatic nitrogens is 2. The van der Waals surface area contributed by atoms with Gasteiger partial charge in [-0.25, -0.2) is 0 Å². The minimum absolute atomic E-state index is 0.104. The van der Waals surface area contributed by atoms with Crippen molar-refractivity contribution < 1.29 is 14.3 Å². The lowest BCUT2D eigenvalue weighted by Crippen LogP contribution is -2.30. The molecule has 7 heteroatoms. The van der Waals surface area contributed by atoms with Gasteiger partial charge in [-0.1, -0.05) is 0 Å². The standard InChI is InChI=1S/C10H16N4O3/c1-16-7-4-14(5-8(7)17-2)10(15)9-6(11)3-12-13-9/h3,7-8H,4-5,11H2,1-2H3,(H,12,13). The Hall–Kier alpha value is -1.60. The summed E-state index contributed by atoms with van der Waals surface area (Å²) >= 11 is 0. The van der Waals surface area contributed by atoms with Crippen molar-refractivity contribution in [2.45, 2.75) is 12.2 Å². The average molecular weight is 240 g/mol. The number of amides is 1. The number of nitrogens with one attached hydrogen (secondary N) is 1. The highest BCUT2D eigenvalue weighted by atomic mass is 16.5. The Labute approximate surface area is 98.9 Å². The molecule has 1 aromatic heterocycles. The van der Waals surface area contributed by atoms with Crippen molar-refractivity contribution in [1.82, 2.24) is 15.1 Å². The Balaban J connectivity index is 2.10. The van der Waals surface area contributed by atoms with Crippen LogP contribution >= 0.6 is 0 Å². The molecule has 1 saturated heterocycles. The van der Waals surface area contributed by atoms with Gasteiger partial charge < -0.3 is 20.1 Å². The van der Waals surface area contributed by atoms with Gasteiger partial charge in [0.25, 0.3) is 5.91 Å². The first-order valence-electron chi connectivity index (χ1n) is 5.31. The average Bonchev–Trinajstić information content (AvgIpc) is 2.93. The van der Waals surface area contributed by atoms with E-state index < -0.39 is 0 Å². The van der Waals surface area contributed by atoms with Crippen LogP contribution in [0.5, 0.6) is 0 Å². The molecule has 7 nitrogen and oxygen atoms in total. The number of H-pyrrole nitrogens is 1. The molecular formula is C10H16N4O3. The highest BCUT2D eigenvalue weighted by Crippen LogP contribution is 2.19. The number of nitrogens with two attached hydrogens (primary N) is 1. The zero-order valence-electron chi connectivity index (χ0n) is 9.84. The van der Waals surface area contributed by atoms with Crippen molar-refractivity contribution in [2.75, 3.05) is 33.0 Å². The molecule has 1 amide bonds. The van der Waals surface area contributed by atoms with Gasteiger partial charge in [0.15, 0.2) is 0 Å². The Bertz CT molecular complexity index is 394. The third-order valence-corrected chi connectivity index (χ3v) is 2.99. The van der Waals surface area contributed by atoms with Gasteiger partial charge in [-0.2, -0.15) is 5.10 Å².